The van der Waals surface area contributed by atoms with E-state index in [4.69, 9.17) is 11.6 Å². The Morgan fingerprint density at radius 2 is 2.11 bits per heavy atom. The van der Waals surface area contributed by atoms with E-state index in [9.17, 15) is 18.0 Å². The van der Waals surface area contributed by atoms with Crippen LogP contribution in [0, 0.1) is 6.92 Å². The van der Waals surface area contributed by atoms with Crippen molar-refractivity contribution in [3.63, 3.8) is 0 Å². The molecule has 27 heavy (non-hydrogen) atoms. The molecule has 150 valence electrons. The Balaban J connectivity index is 2.08. The molecule has 0 aliphatic carbocycles. The Hall–Kier alpha value is -1.87. The van der Waals surface area contributed by atoms with Crippen molar-refractivity contribution in [2.75, 3.05) is 25.1 Å². The summed E-state index contributed by atoms with van der Waals surface area (Å²) in [4.78, 5) is 25.3. The van der Waals surface area contributed by atoms with Gasteiger partial charge in [0.15, 0.2) is 9.84 Å². The Labute approximate surface area is 164 Å². The lowest BCUT2D eigenvalue weighted by Crippen LogP contribution is -2.40. The first-order valence-electron chi connectivity index (χ1n) is 8.67. The first-order valence-corrected chi connectivity index (χ1v) is 10.9. The highest BCUT2D eigenvalue weighted by Gasteiger charge is 2.31. The Morgan fingerprint density at radius 3 is 2.67 bits per heavy atom. The van der Waals surface area contributed by atoms with Gasteiger partial charge in [0.2, 0.25) is 11.8 Å². The highest BCUT2D eigenvalue weighted by molar-refractivity contribution is 7.91. The lowest BCUT2D eigenvalue weighted by atomic mass is 10.2. The summed E-state index contributed by atoms with van der Waals surface area (Å²) < 4.78 is 24.9. The number of halogens is 1. The molecule has 1 aliphatic heterocycles. The van der Waals surface area contributed by atoms with Crippen molar-refractivity contribution in [2.24, 2.45) is 0 Å². The van der Waals surface area contributed by atoms with Crippen molar-refractivity contribution in [3.05, 3.63) is 22.5 Å². The number of sulfone groups is 1. The zero-order chi connectivity index (χ0) is 20.4. The normalized spacial score (nSPS) is 19.0. The number of carbonyl (C=O) groups excluding carboxylic acids is 2. The van der Waals surface area contributed by atoms with Crippen LogP contribution in [-0.4, -0.2) is 66.1 Å². The second kappa shape index (κ2) is 8.43. The molecule has 2 rings (SSSR count). The van der Waals surface area contributed by atoms with Gasteiger partial charge in [-0.3, -0.25) is 9.59 Å². The lowest BCUT2D eigenvalue weighted by Gasteiger charge is -2.16. The summed E-state index contributed by atoms with van der Waals surface area (Å²) in [5.41, 5.74) is 1.17. The number of rotatable bonds is 6. The molecule has 1 atom stereocenters. The SMILES string of the molecule is Cc1nn([C@@H]2CCS(=O)(=O)C2)c(Cl)c1/C=C/C(=O)N(C)CC(=O)NC(C)C. The number of hydrogen-bond donors (Lipinski definition) is 1. The summed E-state index contributed by atoms with van der Waals surface area (Å²) in [5, 5.41) is 7.37. The second-order valence-corrected chi connectivity index (χ2v) is 9.63. The molecular formula is C17H25ClN4O4S. The first-order chi connectivity index (χ1) is 12.5. The van der Waals surface area contributed by atoms with E-state index < -0.39 is 9.84 Å². The molecule has 0 radical (unpaired) electrons. The fourth-order valence-corrected chi connectivity index (χ4v) is 4.94. The Bertz CT molecular complexity index is 861. The molecule has 2 heterocycles. The van der Waals surface area contributed by atoms with E-state index in [0.717, 1.165) is 0 Å². The van der Waals surface area contributed by atoms with Crippen molar-refractivity contribution >= 4 is 39.3 Å². The number of amides is 2. The van der Waals surface area contributed by atoms with Gasteiger partial charge >= 0.3 is 0 Å². The first kappa shape index (κ1) is 21.4. The van der Waals surface area contributed by atoms with Crippen LogP contribution in [0.25, 0.3) is 6.08 Å². The van der Waals surface area contributed by atoms with Crippen LogP contribution in [0.15, 0.2) is 6.08 Å². The third-order valence-corrected chi connectivity index (χ3v) is 6.35. The average molecular weight is 417 g/mol. The highest BCUT2D eigenvalue weighted by atomic mass is 35.5. The molecule has 1 fully saturated rings. The van der Waals surface area contributed by atoms with Crippen molar-refractivity contribution in [3.8, 4) is 0 Å². The molecule has 1 aromatic heterocycles. The van der Waals surface area contributed by atoms with Crippen LogP contribution in [-0.2, 0) is 19.4 Å². The van der Waals surface area contributed by atoms with Gasteiger partial charge < -0.3 is 10.2 Å². The molecule has 10 heteroatoms. The van der Waals surface area contributed by atoms with Gasteiger partial charge in [-0.25, -0.2) is 13.1 Å². The van der Waals surface area contributed by atoms with E-state index in [1.54, 1.807) is 13.0 Å². The summed E-state index contributed by atoms with van der Waals surface area (Å²) >= 11 is 6.37. The van der Waals surface area contributed by atoms with Crippen molar-refractivity contribution in [1.29, 1.82) is 0 Å². The van der Waals surface area contributed by atoms with Gasteiger partial charge in [-0.15, -0.1) is 0 Å². The molecule has 1 aliphatic rings. The van der Waals surface area contributed by atoms with E-state index in [1.165, 1.54) is 22.7 Å². The van der Waals surface area contributed by atoms with E-state index in [1.807, 2.05) is 13.8 Å². The maximum absolute atomic E-state index is 12.2. The van der Waals surface area contributed by atoms with E-state index >= 15 is 0 Å². The van der Waals surface area contributed by atoms with Crippen LogP contribution in [0.1, 0.15) is 37.6 Å². The summed E-state index contributed by atoms with van der Waals surface area (Å²) in [5.74, 6) is -0.442. The molecule has 0 spiro atoms. The number of nitrogens with one attached hydrogen (secondary N) is 1. The van der Waals surface area contributed by atoms with E-state index in [0.29, 0.717) is 22.8 Å². The number of aromatic nitrogens is 2. The van der Waals surface area contributed by atoms with Crippen molar-refractivity contribution < 1.29 is 18.0 Å². The Kier molecular flexibility index (Phi) is 6.69. The lowest BCUT2D eigenvalue weighted by molar-refractivity contribution is -0.131. The third-order valence-electron chi connectivity index (χ3n) is 4.22. The van der Waals surface area contributed by atoms with Crippen LogP contribution < -0.4 is 5.32 Å². The van der Waals surface area contributed by atoms with Gasteiger partial charge in [0, 0.05) is 24.7 Å². The quantitative estimate of drug-likeness (QED) is 0.702. The predicted octanol–water partition coefficient (Wildman–Crippen LogP) is 1.20. The van der Waals surface area contributed by atoms with E-state index in [2.05, 4.69) is 10.4 Å². The monoisotopic (exact) mass is 416 g/mol. The van der Waals surface area contributed by atoms with E-state index in [-0.39, 0.29) is 41.9 Å². The maximum Gasteiger partial charge on any atom is 0.246 e. The summed E-state index contributed by atoms with van der Waals surface area (Å²) in [7, 11) is -1.52. The molecule has 0 aromatic carbocycles. The van der Waals surface area contributed by atoms with Crippen LogP contribution in [0.3, 0.4) is 0 Å². The summed E-state index contributed by atoms with van der Waals surface area (Å²) in [6.07, 6.45) is 3.34. The highest BCUT2D eigenvalue weighted by Crippen LogP contribution is 2.30. The number of hydrogen-bond acceptors (Lipinski definition) is 5. The second-order valence-electron chi connectivity index (χ2n) is 7.04. The van der Waals surface area contributed by atoms with Gasteiger partial charge in [0.1, 0.15) is 5.15 Å². The van der Waals surface area contributed by atoms with Gasteiger partial charge in [-0.2, -0.15) is 5.10 Å². The topological polar surface area (TPSA) is 101 Å². The van der Waals surface area contributed by atoms with Gasteiger partial charge in [0.25, 0.3) is 0 Å². The minimum atomic E-state index is -3.06. The van der Waals surface area contributed by atoms with Crippen LogP contribution in [0.4, 0.5) is 0 Å². The predicted molar refractivity (Wildman–Crippen MR) is 104 cm³/mol. The van der Waals surface area contributed by atoms with Gasteiger partial charge in [0.05, 0.1) is 29.8 Å². The molecule has 1 N–H and O–H groups in total. The van der Waals surface area contributed by atoms with Crippen LogP contribution >= 0.6 is 11.6 Å². The fourth-order valence-electron chi connectivity index (χ4n) is 2.87. The fraction of sp³-hybridized carbons (Fsp3) is 0.588. The maximum atomic E-state index is 12.2. The number of likely N-dealkylation sites (N-methyl/N-ethyl adjacent to an activating group) is 1. The molecule has 0 saturated carbocycles. The minimum Gasteiger partial charge on any atom is -0.352 e. The average Bonchev–Trinajstić information content (AvgIpc) is 3.03. The van der Waals surface area contributed by atoms with Crippen molar-refractivity contribution in [2.45, 2.75) is 39.3 Å². The zero-order valence-electron chi connectivity index (χ0n) is 15.9. The molecule has 0 bridgehead atoms. The van der Waals surface area contributed by atoms with Gasteiger partial charge in [-0.05, 0) is 33.3 Å². The van der Waals surface area contributed by atoms with Gasteiger partial charge in [-0.1, -0.05) is 11.6 Å². The third kappa shape index (κ3) is 5.55. The molecule has 2 amide bonds. The smallest absolute Gasteiger partial charge is 0.246 e. The van der Waals surface area contributed by atoms with Crippen LogP contribution in [0.5, 0.6) is 0 Å². The molecule has 0 unspecified atom stereocenters. The number of nitrogens with zero attached hydrogens (tertiary/aromatic N) is 3. The zero-order valence-corrected chi connectivity index (χ0v) is 17.5. The molecular weight excluding hydrogens is 392 g/mol. The standard InChI is InChI=1S/C17H25ClN4O4S/c1-11(2)19-15(23)9-21(4)16(24)6-5-14-12(3)20-22(17(14)18)13-7-8-27(25,26)10-13/h5-6,11,13H,7-10H2,1-4H3,(H,19,23)/b6-5+/t13-/m1/s1. The van der Waals surface area contributed by atoms with Crippen LogP contribution in [0.2, 0.25) is 5.15 Å². The summed E-state index contributed by atoms with van der Waals surface area (Å²) in [6.45, 7) is 5.39. The number of carbonyl (C=O) groups is 2. The minimum absolute atomic E-state index is 0.00300. The Morgan fingerprint density at radius 1 is 1.44 bits per heavy atom. The summed E-state index contributed by atoms with van der Waals surface area (Å²) in [6, 6.07) is -0.287. The number of aryl methyl sites for hydroxylation is 1. The largest absolute Gasteiger partial charge is 0.352 e. The van der Waals surface area contributed by atoms with Crippen molar-refractivity contribution in [1.82, 2.24) is 20.0 Å². The molecule has 1 aromatic rings. The molecule has 8 nitrogen and oxygen atoms in total. The molecule has 1 saturated heterocycles.